The van der Waals surface area contributed by atoms with Crippen LogP contribution in [0.1, 0.15) is 0 Å². The molecule has 0 fully saturated rings. The number of nitrogens with zero attached hydrogens (tertiary/aromatic N) is 2. The number of nitrogens with one attached hydrogen (secondary N) is 1. The van der Waals surface area contributed by atoms with E-state index in [1.165, 1.54) is 0 Å². The molecule has 6 heteroatoms. The third-order valence-electron chi connectivity index (χ3n) is 4.67. The molecule has 5 aromatic rings. The summed E-state index contributed by atoms with van der Waals surface area (Å²) in [5.41, 5.74) is 2.64. The number of carbonyl (C=O) groups is 1. The van der Waals surface area contributed by atoms with Crippen LogP contribution in [-0.4, -0.2) is 21.9 Å². The van der Waals surface area contributed by atoms with Gasteiger partial charge in [0.15, 0.2) is 11.6 Å². The molecule has 0 bridgehead atoms. The lowest BCUT2D eigenvalue weighted by Gasteiger charge is -2.10. The van der Waals surface area contributed by atoms with E-state index in [1.54, 1.807) is 11.3 Å². The van der Waals surface area contributed by atoms with Crippen LogP contribution in [0.4, 0.5) is 5.69 Å². The van der Waals surface area contributed by atoms with E-state index in [1.807, 2.05) is 88.9 Å². The molecule has 1 N–H and O–H groups in total. The predicted molar refractivity (Wildman–Crippen MR) is 117 cm³/mol. The molecule has 2 aromatic heterocycles. The number of hydrogen-bond acceptors (Lipinski definition) is 4. The average molecular weight is 399 g/mol. The highest BCUT2D eigenvalue weighted by Crippen LogP contribution is 2.25. The van der Waals surface area contributed by atoms with Gasteiger partial charge in [0.2, 0.25) is 0 Å². The molecule has 29 heavy (non-hydrogen) atoms. The van der Waals surface area contributed by atoms with E-state index >= 15 is 0 Å². The highest BCUT2D eigenvalue weighted by Gasteiger charge is 2.08. The maximum atomic E-state index is 12.3. The van der Waals surface area contributed by atoms with Crippen LogP contribution in [0.15, 0.2) is 84.5 Å². The van der Waals surface area contributed by atoms with Crippen molar-refractivity contribution in [2.24, 2.45) is 0 Å². The number of rotatable bonds is 5. The normalized spacial score (nSPS) is 11.0. The Kier molecular flexibility index (Phi) is 4.46. The highest BCUT2D eigenvalue weighted by molar-refractivity contribution is 7.15. The number of amides is 1. The second-order valence-corrected chi connectivity index (χ2v) is 7.48. The van der Waals surface area contributed by atoms with Gasteiger partial charge in [-0.15, -0.1) is 11.3 Å². The molecule has 0 saturated heterocycles. The quantitative estimate of drug-likeness (QED) is 0.440. The number of anilines is 1. The molecule has 5 rings (SSSR count). The van der Waals surface area contributed by atoms with Crippen LogP contribution in [0.3, 0.4) is 0 Å². The van der Waals surface area contributed by atoms with Gasteiger partial charge in [0, 0.05) is 34.4 Å². The number of thiazole rings is 1. The Bertz CT molecular complexity index is 1270. The number of ether oxygens (including phenoxy) is 1. The first-order valence-electron chi connectivity index (χ1n) is 9.19. The van der Waals surface area contributed by atoms with Crippen molar-refractivity contribution in [3.05, 3.63) is 84.5 Å². The molecule has 3 aromatic carbocycles. The van der Waals surface area contributed by atoms with E-state index in [0.717, 1.165) is 32.7 Å². The number of imidazole rings is 1. The first-order chi connectivity index (χ1) is 14.3. The molecule has 0 aliphatic heterocycles. The zero-order chi connectivity index (χ0) is 19.6. The third kappa shape index (κ3) is 3.58. The van der Waals surface area contributed by atoms with E-state index in [2.05, 4.69) is 10.3 Å². The van der Waals surface area contributed by atoms with E-state index < -0.39 is 0 Å². The van der Waals surface area contributed by atoms with Crippen molar-refractivity contribution in [1.29, 1.82) is 0 Å². The van der Waals surface area contributed by atoms with Crippen molar-refractivity contribution >= 4 is 38.7 Å². The summed E-state index contributed by atoms with van der Waals surface area (Å²) in [7, 11) is 0. The molecule has 5 nitrogen and oxygen atoms in total. The van der Waals surface area contributed by atoms with E-state index in [-0.39, 0.29) is 12.5 Å². The topological polar surface area (TPSA) is 55.6 Å². The minimum atomic E-state index is -0.201. The number of aromatic nitrogens is 2. The van der Waals surface area contributed by atoms with Gasteiger partial charge in [-0.3, -0.25) is 9.20 Å². The number of carbonyl (C=O) groups excluding carboxylic acids is 1. The molecule has 0 spiro atoms. The van der Waals surface area contributed by atoms with Gasteiger partial charge < -0.3 is 10.1 Å². The molecular formula is C23H17N3O2S. The lowest BCUT2D eigenvalue weighted by atomic mass is 10.1. The number of benzene rings is 3. The van der Waals surface area contributed by atoms with Gasteiger partial charge in [-0.1, -0.05) is 48.5 Å². The zero-order valence-corrected chi connectivity index (χ0v) is 16.2. The van der Waals surface area contributed by atoms with Crippen molar-refractivity contribution in [2.45, 2.75) is 0 Å². The van der Waals surface area contributed by atoms with Gasteiger partial charge in [0.25, 0.3) is 5.91 Å². The Hall–Kier alpha value is -3.64. The van der Waals surface area contributed by atoms with Gasteiger partial charge in [0.05, 0.1) is 5.69 Å². The molecule has 0 aliphatic rings. The predicted octanol–water partition coefficient (Wildman–Crippen LogP) is 5.23. The Labute approximate surface area is 171 Å². The summed E-state index contributed by atoms with van der Waals surface area (Å²) in [6, 6.07) is 21.4. The van der Waals surface area contributed by atoms with Gasteiger partial charge in [-0.2, -0.15) is 0 Å². The Balaban J connectivity index is 1.24. The Morgan fingerprint density at radius 3 is 2.72 bits per heavy atom. The molecule has 0 saturated carbocycles. The Morgan fingerprint density at radius 1 is 1.03 bits per heavy atom. The first kappa shape index (κ1) is 17.5. The van der Waals surface area contributed by atoms with Crippen molar-refractivity contribution in [2.75, 3.05) is 11.9 Å². The largest absolute Gasteiger partial charge is 0.483 e. The van der Waals surface area contributed by atoms with E-state index in [9.17, 15) is 4.79 Å². The van der Waals surface area contributed by atoms with Crippen LogP contribution in [0.5, 0.6) is 5.75 Å². The first-order valence-corrected chi connectivity index (χ1v) is 10.1. The summed E-state index contributed by atoms with van der Waals surface area (Å²) in [5.74, 6) is 0.501. The summed E-state index contributed by atoms with van der Waals surface area (Å²) in [4.78, 5) is 17.9. The molecule has 0 aliphatic carbocycles. The zero-order valence-electron chi connectivity index (χ0n) is 15.4. The standard InChI is InChI=1S/C23H17N3O2S/c27-22(15-28-21-7-3-5-16-4-1-2-6-19(16)21)24-18-10-8-17(9-11-18)20-14-26-12-13-29-23(26)25-20/h1-14H,15H2,(H,24,27). The molecule has 0 radical (unpaired) electrons. The molecule has 142 valence electrons. The fourth-order valence-electron chi connectivity index (χ4n) is 3.25. The smallest absolute Gasteiger partial charge is 0.262 e. The second-order valence-electron chi connectivity index (χ2n) is 6.61. The van der Waals surface area contributed by atoms with E-state index in [4.69, 9.17) is 4.74 Å². The molecule has 2 heterocycles. The summed E-state index contributed by atoms with van der Waals surface area (Å²) in [5, 5.41) is 6.95. The van der Waals surface area contributed by atoms with Crippen LogP contribution in [0.2, 0.25) is 0 Å². The maximum absolute atomic E-state index is 12.3. The fourth-order valence-corrected chi connectivity index (χ4v) is 3.95. The van der Waals surface area contributed by atoms with Crippen molar-refractivity contribution < 1.29 is 9.53 Å². The number of hydrogen-bond donors (Lipinski definition) is 1. The molecule has 0 unspecified atom stereocenters. The fraction of sp³-hybridized carbons (Fsp3) is 0.0435. The van der Waals surface area contributed by atoms with Gasteiger partial charge in [-0.05, 0) is 23.6 Å². The van der Waals surface area contributed by atoms with Crippen molar-refractivity contribution in [1.82, 2.24) is 9.38 Å². The van der Waals surface area contributed by atoms with Crippen molar-refractivity contribution in [3.8, 4) is 17.0 Å². The maximum Gasteiger partial charge on any atom is 0.262 e. The molecule has 0 atom stereocenters. The van der Waals surface area contributed by atoms with Gasteiger partial charge >= 0.3 is 0 Å². The van der Waals surface area contributed by atoms with Gasteiger partial charge in [0.1, 0.15) is 5.75 Å². The second kappa shape index (κ2) is 7.41. The monoisotopic (exact) mass is 399 g/mol. The lowest BCUT2D eigenvalue weighted by molar-refractivity contribution is -0.118. The molecular weight excluding hydrogens is 382 g/mol. The summed E-state index contributed by atoms with van der Waals surface area (Å²) in [6.45, 7) is -0.0485. The lowest BCUT2D eigenvalue weighted by Crippen LogP contribution is -2.20. The van der Waals surface area contributed by atoms with Crippen LogP contribution in [0, 0.1) is 0 Å². The van der Waals surface area contributed by atoms with Crippen LogP contribution in [-0.2, 0) is 4.79 Å². The summed E-state index contributed by atoms with van der Waals surface area (Å²) >= 11 is 1.60. The minimum Gasteiger partial charge on any atom is -0.483 e. The summed E-state index contributed by atoms with van der Waals surface area (Å²) < 4.78 is 7.75. The minimum absolute atomic E-state index is 0.0485. The summed E-state index contributed by atoms with van der Waals surface area (Å²) in [6.07, 6.45) is 3.98. The van der Waals surface area contributed by atoms with Crippen LogP contribution >= 0.6 is 11.3 Å². The molecule has 1 amide bonds. The van der Waals surface area contributed by atoms with E-state index in [0.29, 0.717) is 5.75 Å². The SMILES string of the molecule is O=C(COc1cccc2ccccc12)Nc1ccc(-c2cn3ccsc3n2)cc1. The van der Waals surface area contributed by atoms with Crippen LogP contribution < -0.4 is 10.1 Å². The number of fused-ring (bicyclic) bond motifs is 2. The van der Waals surface area contributed by atoms with Crippen LogP contribution in [0.25, 0.3) is 27.0 Å². The Morgan fingerprint density at radius 2 is 1.86 bits per heavy atom. The highest BCUT2D eigenvalue weighted by atomic mass is 32.1. The van der Waals surface area contributed by atoms with Gasteiger partial charge in [-0.25, -0.2) is 4.98 Å². The van der Waals surface area contributed by atoms with Crippen molar-refractivity contribution in [3.63, 3.8) is 0 Å². The average Bonchev–Trinajstić information content (AvgIpc) is 3.35. The third-order valence-corrected chi connectivity index (χ3v) is 5.44.